The van der Waals surface area contributed by atoms with Gasteiger partial charge in [-0.15, -0.1) is 0 Å². The molecule has 1 saturated heterocycles. The van der Waals surface area contributed by atoms with Crippen LogP contribution in [0.5, 0.6) is 0 Å². The largest absolute Gasteiger partial charge is 0.381 e. The summed E-state index contributed by atoms with van der Waals surface area (Å²) in [6, 6.07) is 0.536. The van der Waals surface area contributed by atoms with Crippen molar-refractivity contribution >= 4 is 15.9 Å². The van der Waals surface area contributed by atoms with E-state index in [0.29, 0.717) is 6.04 Å². The van der Waals surface area contributed by atoms with Crippen LogP contribution in [0.25, 0.3) is 0 Å². The first kappa shape index (κ1) is 11.1. The van der Waals surface area contributed by atoms with Gasteiger partial charge in [-0.1, -0.05) is 15.9 Å². The standard InChI is InChI=1S/C11H17BrN2O/c1-9(10-2-4-15-5-3-10)14-7-11(6-12)13-8-14/h7-10H,2-6H2,1H3. The highest BCUT2D eigenvalue weighted by Crippen LogP contribution is 2.27. The molecule has 0 bridgehead atoms. The van der Waals surface area contributed by atoms with Crippen molar-refractivity contribution in [3.05, 3.63) is 18.2 Å². The summed E-state index contributed by atoms with van der Waals surface area (Å²) in [5, 5.41) is 0.834. The molecule has 1 fully saturated rings. The Morgan fingerprint density at radius 3 is 2.93 bits per heavy atom. The third-order valence-electron chi connectivity index (χ3n) is 3.21. The molecule has 2 heterocycles. The van der Waals surface area contributed by atoms with Gasteiger partial charge in [-0.05, 0) is 25.7 Å². The number of hydrogen-bond acceptors (Lipinski definition) is 2. The molecule has 15 heavy (non-hydrogen) atoms. The highest BCUT2D eigenvalue weighted by molar-refractivity contribution is 9.08. The predicted octanol–water partition coefficient (Wildman–Crippen LogP) is 2.77. The van der Waals surface area contributed by atoms with Crippen LogP contribution < -0.4 is 0 Å². The van der Waals surface area contributed by atoms with Gasteiger partial charge in [-0.2, -0.15) is 0 Å². The van der Waals surface area contributed by atoms with Crippen LogP contribution in [0.2, 0.25) is 0 Å². The van der Waals surface area contributed by atoms with Crippen LogP contribution in [-0.2, 0) is 10.1 Å². The van der Waals surface area contributed by atoms with Crippen molar-refractivity contribution in [3.8, 4) is 0 Å². The fourth-order valence-electron chi connectivity index (χ4n) is 2.11. The zero-order valence-electron chi connectivity index (χ0n) is 9.03. The van der Waals surface area contributed by atoms with Crippen molar-refractivity contribution in [2.45, 2.75) is 31.1 Å². The van der Waals surface area contributed by atoms with E-state index < -0.39 is 0 Å². The lowest BCUT2D eigenvalue weighted by Gasteiger charge is -2.28. The number of imidazole rings is 1. The minimum atomic E-state index is 0.536. The minimum absolute atomic E-state index is 0.536. The van der Waals surface area contributed by atoms with Gasteiger partial charge in [-0.3, -0.25) is 0 Å². The molecule has 1 aliphatic rings. The van der Waals surface area contributed by atoms with Gasteiger partial charge in [0.1, 0.15) is 0 Å². The van der Waals surface area contributed by atoms with Crippen molar-refractivity contribution in [2.24, 2.45) is 5.92 Å². The summed E-state index contributed by atoms with van der Waals surface area (Å²) in [5.41, 5.74) is 1.11. The first-order valence-electron chi connectivity index (χ1n) is 5.47. The molecule has 0 aliphatic carbocycles. The Morgan fingerprint density at radius 1 is 1.60 bits per heavy atom. The molecule has 2 rings (SSSR count). The number of halogens is 1. The fourth-order valence-corrected chi connectivity index (χ4v) is 2.40. The molecule has 0 amide bonds. The van der Waals surface area contributed by atoms with E-state index in [-0.39, 0.29) is 0 Å². The van der Waals surface area contributed by atoms with Gasteiger partial charge in [0.25, 0.3) is 0 Å². The van der Waals surface area contributed by atoms with E-state index in [2.05, 4.69) is 38.6 Å². The summed E-state index contributed by atoms with van der Waals surface area (Å²) in [5.74, 6) is 0.733. The van der Waals surface area contributed by atoms with Gasteiger partial charge < -0.3 is 9.30 Å². The molecule has 0 aromatic carbocycles. The van der Waals surface area contributed by atoms with Crippen molar-refractivity contribution in [3.63, 3.8) is 0 Å². The lowest BCUT2D eigenvalue weighted by Crippen LogP contribution is -2.23. The molecule has 4 heteroatoms. The SMILES string of the molecule is CC(C1CCOCC1)n1cnc(CBr)c1. The first-order chi connectivity index (χ1) is 7.31. The summed E-state index contributed by atoms with van der Waals surface area (Å²) >= 11 is 3.42. The van der Waals surface area contributed by atoms with Gasteiger partial charge in [-0.25, -0.2) is 4.98 Å². The Labute approximate surface area is 99.0 Å². The van der Waals surface area contributed by atoms with Crippen molar-refractivity contribution in [1.82, 2.24) is 9.55 Å². The van der Waals surface area contributed by atoms with E-state index in [1.807, 2.05) is 6.33 Å². The van der Waals surface area contributed by atoms with Gasteiger partial charge in [0.15, 0.2) is 0 Å². The van der Waals surface area contributed by atoms with Crippen LogP contribution in [0.4, 0.5) is 0 Å². The zero-order valence-corrected chi connectivity index (χ0v) is 10.6. The molecular weight excluding hydrogens is 256 g/mol. The second-order valence-corrected chi connectivity index (χ2v) is 4.70. The number of rotatable bonds is 3. The topological polar surface area (TPSA) is 27.1 Å². The van der Waals surface area contributed by atoms with E-state index in [9.17, 15) is 0 Å². The Kier molecular flexibility index (Phi) is 3.81. The van der Waals surface area contributed by atoms with Crippen molar-refractivity contribution in [1.29, 1.82) is 0 Å². The van der Waals surface area contributed by atoms with Gasteiger partial charge in [0.05, 0.1) is 12.0 Å². The average molecular weight is 273 g/mol. The number of ether oxygens (including phenoxy) is 1. The zero-order chi connectivity index (χ0) is 10.7. The van der Waals surface area contributed by atoms with Crippen molar-refractivity contribution < 1.29 is 4.74 Å². The van der Waals surface area contributed by atoms with Crippen LogP contribution >= 0.6 is 15.9 Å². The van der Waals surface area contributed by atoms with E-state index in [1.54, 1.807) is 0 Å². The van der Waals surface area contributed by atoms with Gasteiger partial charge in [0.2, 0.25) is 0 Å². The monoisotopic (exact) mass is 272 g/mol. The molecular formula is C11H17BrN2O. The Hall–Kier alpha value is -0.350. The van der Waals surface area contributed by atoms with Crippen molar-refractivity contribution in [2.75, 3.05) is 13.2 Å². The summed E-state index contributed by atoms with van der Waals surface area (Å²) in [6.45, 7) is 4.10. The summed E-state index contributed by atoms with van der Waals surface area (Å²) in [6.07, 6.45) is 6.41. The maximum absolute atomic E-state index is 5.38. The maximum Gasteiger partial charge on any atom is 0.0952 e. The lowest BCUT2D eigenvalue weighted by atomic mass is 9.93. The lowest BCUT2D eigenvalue weighted by molar-refractivity contribution is 0.0513. The van der Waals surface area contributed by atoms with E-state index in [0.717, 1.165) is 30.2 Å². The quantitative estimate of drug-likeness (QED) is 0.792. The molecule has 84 valence electrons. The third-order valence-corrected chi connectivity index (χ3v) is 3.78. The third kappa shape index (κ3) is 2.61. The normalized spacial score (nSPS) is 20.4. The van der Waals surface area contributed by atoms with Gasteiger partial charge in [0, 0.05) is 30.8 Å². The Bertz CT molecular complexity index is 307. The van der Waals surface area contributed by atoms with Crippen LogP contribution in [0.15, 0.2) is 12.5 Å². The molecule has 1 aliphatic heterocycles. The number of hydrogen-bond donors (Lipinski definition) is 0. The first-order valence-corrected chi connectivity index (χ1v) is 6.59. The fraction of sp³-hybridized carbons (Fsp3) is 0.727. The second kappa shape index (κ2) is 5.12. The molecule has 1 aromatic rings. The molecule has 3 nitrogen and oxygen atoms in total. The molecule has 1 atom stereocenters. The van der Waals surface area contributed by atoms with E-state index in [4.69, 9.17) is 4.74 Å². The highest BCUT2D eigenvalue weighted by atomic mass is 79.9. The highest BCUT2D eigenvalue weighted by Gasteiger charge is 2.21. The molecule has 0 N–H and O–H groups in total. The molecule has 0 spiro atoms. The van der Waals surface area contributed by atoms with Crippen LogP contribution in [0.3, 0.4) is 0 Å². The molecule has 1 aromatic heterocycles. The minimum Gasteiger partial charge on any atom is -0.381 e. The van der Waals surface area contributed by atoms with Gasteiger partial charge >= 0.3 is 0 Å². The average Bonchev–Trinajstić information content (AvgIpc) is 2.78. The van der Waals surface area contributed by atoms with E-state index >= 15 is 0 Å². The summed E-state index contributed by atoms with van der Waals surface area (Å²) in [7, 11) is 0. The number of alkyl halides is 1. The summed E-state index contributed by atoms with van der Waals surface area (Å²) in [4.78, 5) is 4.34. The Morgan fingerprint density at radius 2 is 2.33 bits per heavy atom. The Balaban J connectivity index is 2.02. The smallest absolute Gasteiger partial charge is 0.0952 e. The predicted molar refractivity (Wildman–Crippen MR) is 63.1 cm³/mol. The second-order valence-electron chi connectivity index (χ2n) is 4.14. The van der Waals surface area contributed by atoms with Crippen LogP contribution in [-0.4, -0.2) is 22.8 Å². The number of nitrogens with zero attached hydrogens (tertiary/aromatic N) is 2. The molecule has 0 radical (unpaired) electrons. The molecule has 0 saturated carbocycles. The molecule has 1 unspecified atom stereocenters. The maximum atomic E-state index is 5.38. The van der Waals surface area contributed by atoms with Crippen LogP contribution in [0.1, 0.15) is 31.5 Å². The van der Waals surface area contributed by atoms with Crippen LogP contribution in [0, 0.1) is 5.92 Å². The number of aromatic nitrogens is 2. The van der Waals surface area contributed by atoms with E-state index in [1.165, 1.54) is 12.8 Å². The summed E-state index contributed by atoms with van der Waals surface area (Å²) < 4.78 is 7.61.